The predicted molar refractivity (Wildman–Crippen MR) is 78.7 cm³/mol. The molecular formula is C14H17BN2O4. The summed E-state index contributed by atoms with van der Waals surface area (Å²) in [6, 6.07) is 9.27. The van der Waals surface area contributed by atoms with Gasteiger partial charge in [0.15, 0.2) is 0 Å². The van der Waals surface area contributed by atoms with Crippen molar-refractivity contribution < 1.29 is 19.6 Å². The molecule has 1 amide bonds. The van der Waals surface area contributed by atoms with Gasteiger partial charge in [-0.2, -0.15) is 5.26 Å². The molecule has 0 fully saturated rings. The summed E-state index contributed by atoms with van der Waals surface area (Å²) in [5, 5.41) is 28.7. The first-order valence-electron chi connectivity index (χ1n) is 6.39. The van der Waals surface area contributed by atoms with E-state index in [4.69, 9.17) is 20.0 Å². The number of benzene rings is 1. The van der Waals surface area contributed by atoms with Crippen LogP contribution < -0.4 is 5.32 Å². The maximum atomic E-state index is 11.4. The van der Waals surface area contributed by atoms with Crippen LogP contribution in [0.1, 0.15) is 25.0 Å². The Morgan fingerprint density at radius 2 is 2.29 bits per heavy atom. The third-order valence-electron chi connectivity index (χ3n) is 2.67. The van der Waals surface area contributed by atoms with Crippen LogP contribution in [-0.4, -0.2) is 29.2 Å². The number of rotatable bonds is 5. The van der Waals surface area contributed by atoms with E-state index >= 15 is 0 Å². The topological polar surface area (TPSA) is 103 Å². The Bertz CT molecular complexity index is 566. The molecule has 1 aromatic carbocycles. The fraction of sp³-hybridized carbons (Fsp3) is 0.286. The molecule has 7 heteroatoms. The summed E-state index contributed by atoms with van der Waals surface area (Å²) < 4.78 is 4.98. The lowest BCUT2D eigenvalue weighted by atomic mass is 9.81. The molecule has 1 aromatic rings. The molecule has 0 radical (unpaired) electrons. The van der Waals surface area contributed by atoms with Gasteiger partial charge in [0, 0.05) is 5.57 Å². The second-order valence-electron chi connectivity index (χ2n) is 4.61. The minimum absolute atomic E-state index is 0.0490. The van der Waals surface area contributed by atoms with Gasteiger partial charge in [-0.25, -0.2) is 4.79 Å². The van der Waals surface area contributed by atoms with Crippen LogP contribution in [0.15, 0.2) is 29.8 Å². The maximum Gasteiger partial charge on any atom is 0.475 e. The summed E-state index contributed by atoms with van der Waals surface area (Å²) in [6.07, 6.45) is 0.998. The van der Waals surface area contributed by atoms with Crippen LogP contribution in [-0.2, 0) is 11.3 Å². The van der Waals surface area contributed by atoms with E-state index in [2.05, 4.69) is 5.32 Å². The van der Waals surface area contributed by atoms with Crippen LogP contribution in [0.5, 0.6) is 0 Å². The van der Waals surface area contributed by atoms with Crippen molar-refractivity contribution in [1.29, 1.82) is 5.26 Å². The molecule has 0 aliphatic rings. The molecule has 0 bridgehead atoms. The number of nitrogens with zero attached hydrogens (tertiary/aromatic N) is 1. The Balaban J connectivity index is 2.59. The van der Waals surface area contributed by atoms with Gasteiger partial charge in [0.2, 0.25) is 0 Å². The van der Waals surface area contributed by atoms with Gasteiger partial charge in [-0.3, -0.25) is 0 Å². The van der Waals surface area contributed by atoms with Gasteiger partial charge in [0.25, 0.3) is 0 Å². The number of hydrogen-bond acceptors (Lipinski definition) is 5. The largest absolute Gasteiger partial charge is 0.475 e. The fourth-order valence-electron chi connectivity index (χ4n) is 1.51. The summed E-state index contributed by atoms with van der Waals surface area (Å²) >= 11 is 0. The highest BCUT2D eigenvalue weighted by Crippen LogP contribution is 2.10. The Hall–Kier alpha value is -2.30. The van der Waals surface area contributed by atoms with Gasteiger partial charge >= 0.3 is 13.2 Å². The average molecular weight is 288 g/mol. The number of alkyl carbamates (subject to hydrolysis) is 1. The summed E-state index contributed by atoms with van der Waals surface area (Å²) in [5.41, 5.74) is 2.19. The molecule has 3 N–H and O–H groups in total. The monoisotopic (exact) mass is 288 g/mol. The molecule has 0 saturated carbocycles. The summed E-state index contributed by atoms with van der Waals surface area (Å²) in [4.78, 5) is 11.4. The van der Waals surface area contributed by atoms with E-state index in [0.29, 0.717) is 5.57 Å². The number of allylic oxidation sites excluding steroid dienone is 1. The van der Waals surface area contributed by atoms with E-state index in [9.17, 15) is 4.79 Å². The highest BCUT2D eigenvalue weighted by Gasteiger charge is 2.20. The molecule has 0 saturated heterocycles. The number of carbonyl (C=O) groups excluding carboxylic acids is 1. The maximum absolute atomic E-state index is 11.4. The van der Waals surface area contributed by atoms with Gasteiger partial charge in [-0.15, -0.1) is 0 Å². The number of hydrogen-bond donors (Lipinski definition) is 3. The molecule has 0 aliphatic heterocycles. The van der Waals surface area contributed by atoms with E-state index in [1.54, 1.807) is 31.2 Å². The molecule has 110 valence electrons. The Kier molecular flexibility index (Phi) is 6.46. The molecule has 0 heterocycles. The van der Waals surface area contributed by atoms with Gasteiger partial charge in [-0.1, -0.05) is 18.2 Å². The van der Waals surface area contributed by atoms with Crippen LogP contribution in [0.4, 0.5) is 4.79 Å². The van der Waals surface area contributed by atoms with Crippen molar-refractivity contribution in [2.24, 2.45) is 0 Å². The number of ether oxygens (including phenoxy) is 1. The first kappa shape index (κ1) is 16.8. The molecule has 1 rings (SSSR count). The van der Waals surface area contributed by atoms with Gasteiger partial charge < -0.3 is 20.1 Å². The third-order valence-corrected chi connectivity index (χ3v) is 2.67. The van der Waals surface area contributed by atoms with Crippen molar-refractivity contribution in [1.82, 2.24) is 5.32 Å². The number of amides is 1. The van der Waals surface area contributed by atoms with Crippen LogP contribution in [0.2, 0.25) is 0 Å². The van der Waals surface area contributed by atoms with E-state index in [0.717, 1.165) is 11.1 Å². The Morgan fingerprint density at radius 3 is 2.90 bits per heavy atom. The van der Waals surface area contributed by atoms with Crippen molar-refractivity contribution in [2.75, 3.05) is 0 Å². The zero-order valence-electron chi connectivity index (χ0n) is 11.9. The minimum Gasteiger partial charge on any atom is -0.445 e. The van der Waals surface area contributed by atoms with Gasteiger partial charge in [0.1, 0.15) is 6.61 Å². The fourth-order valence-corrected chi connectivity index (χ4v) is 1.51. The van der Waals surface area contributed by atoms with E-state index in [1.165, 1.54) is 6.92 Å². The van der Waals surface area contributed by atoms with E-state index in [1.807, 2.05) is 12.1 Å². The molecule has 0 aromatic heterocycles. The first-order valence-corrected chi connectivity index (χ1v) is 6.39. The second-order valence-corrected chi connectivity index (χ2v) is 4.61. The number of carbonyl (C=O) groups is 1. The van der Waals surface area contributed by atoms with Crippen LogP contribution in [0.25, 0.3) is 6.08 Å². The van der Waals surface area contributed by atoms with E-state index < -0.39 is 19.2 Å². The zero-order chi connectivity index (χ0) is 15.8. The van der Waals surface area contributed by atoms with Crippen LogP contribution >= 0.6 is 0 Å². The molecule has 1 atom stereocenters. The average Bonchev–Trinajstić information content (AvgIpc) is 2.45. The molecule has 0 spiro atoms. The summed E-state index contributed by atoms with van der Waals surface area (Å²) in [5.74, 6) is -0.815. The first-order chi connectivity index (χ1) is 9.92. The lowest BCUT2D eigenvalue weighted by molar-refractivity contribution is 0.137. The van der Waals surface area contributed by atoms with Crippen molar-refractivity contribution in [3.63, 3.8) is 0 Å². The van der Waals surface area contributed by atoms with Gasteiger partial charge in [-0.05, 0) is 37.1 Å². The van der Waals surface area contributed by atoms with Crippen molar-refractivity contribution in [2.45, 2.75) is 26.4 Å². The SMILES string of the molecule is CC(C#N)=Cc1cccc(COC(=O)NC(C)B(O)O)c1. The minimum atomic E-state index is -1.64. The smallest absolute Gasteiger partial charge is 0.445 e. The normalized spacial score (nSPS) is 12.2. The summed E-state index contributed by atoms with van der Waals surface area (Å²) in [6.45, 7) is 3.20. The summed E-state index contributed by atoms with van der Waals surface area (Å²) in [7, 11) is -1.64. The Labute approximate surface area is 123 Å². The molecule has 21 heavy (non-hydrogen) atoms. The van der Waals surface area contributed by atoms with Crippen molar-refractivity contribution in [3.05, 3.63) is 41.0 Å². The molecule has 6 nitrogen and oxygen atoms in total. The highest BCUT2D eigenvalue weighted by atomic mass is 16.5. The standard InChI is InChI=1S/C14H17BN2O4/c1-10(8-16)6-12-4-3-5-13(7-12)9-21-14(18)17-11(2)15(19)20/h3-7,11,19-20H,9H2,1-2H3,(H,17,18). The zero-order valence-corrected chi connectivity index (χ0v) is 11.9. The predicted octanol–water partition coefficient (Wildman–Crippen LogP) is 1.24. The van der Waals surface area contributed by atoms with Crippen molar-refractivity contribution >= 4 is 19.3 Å². The van der Waals surface area contributed by atoms with Gasteiger partial charge in [0.05, 0.1) is 12.0 Å². The molecular weight excluding hydrogens is 271 g/mol. The van der Waals surface area contributed by atoms with Crippen LogP contribution in [0.3, 0.4) is 0 Å². The lowest BCUT2D eigenvalue weighted by Gasteiger charge is -2.12. The lowest BCUT2D eigenvalue weighted by Crippen LogP contribution is -2.44. The molecule has 1 unspecified atom stereocenters. The van der Waals surface area contributed by atoms with Crippen LogP contribution in [0, 0.1) is 11.3 Å². The Morgan fingerprint density at radius 1 is 1.57 bits per heavy atom. The van der Waals surface area contributed by atoms with Crippen molar-refractivity contribution in [3.8, 4) is 6.07 Å². The molecule has 0 aliphatic carbocycles. The number of nitrogens with one attached hydrogen (secondary N) is 1. The quantitative estimate of drug-likeness (QED) is 0.558. The highest BCUT2D eigenvalue weighted by molar-refractivity contribution is 6.43. The number of nitriles is 1. The van der Waals surface area contributed by atoms with E-state index in [-0.39, 0.29) is 6.61 Å². The third kappa shape index (κ3) is 6.12. The second kappa shape index (κ2) is 8.09.